The minimum Gasteiger partial charge on any atom is -0.330 e. The Hall–Kier alpha value is -1.64. The second kappa shape index (κ2) is 6.21. The van der Waals surface area contributed by atoms with Gasteiger partial charge in [-0.15, -0.1) is 0 Å². The Labute approximate surface area is 121 Å². The Bertz CT molecular complexity index is 530. The lowest BCUT2D eigenvalue weighted by Gasteiger charge is -2.21. The van der Waals surface area contributed by atoms with E-state index in [-0.39, 0.29) is 0 Å². The molecule has 0 fully saturated rings. The molecule has 0 heterocycles. The molecule has 104 valence electrons. The number of fused-ring (bicyclic) bond motifs is 2. The first kappa shape index (κ1) is 13.3. The van der Waals surface area contributed by atoms with Gasteiger partial charge in [-0.1, -0.05) is 48.5 Å². The Morgan fingerprint density at radius 1 is 0.900 bits per heavy atom. The maximum atomic E-state index is 5.62. The van der Waals surface area contributed by atoms with Gasteiger partial charge in [-0.3, -0.25) is 0 Å². The summed E-state index contributed by atoms with van der Waals surface area (Å²) in [4.78, 5) is 0. The molecule has 0 spiro atoms. The van der Waals surface area contributed by atoms with Crippen molar-refractivity contribution in [3.05, 3.63) is 70.8 Å². The zero-order valence-corrected chi connectivity index (χ0v) is 11.8. The van der Waals surface area contributed by atoms with E-state index in [2.05, 4.69) is 53.8 Å². The third kappa shape index (κ3) is 2.62. The Kier molecular flexibility index (Phi) is 4.14. The van der Waals surface area contributed by atoms with Crippen LogP contribution in [0.2, 0.25) is 0 Å². The highest BCUT2D eigenvalue weighted by atomic mass is 14.9. The van der Waals surface area contributed by atoms with Gasteiger partial charge in [0, 0.05) is 0 Å². The summed E-state index contributed by atoms with van der Waals surface area (Å²) in [6.45, 7) is 1.70. The van der Waals surface area contributed by atoms with E-state index in [0.29, 0.717) is 6.04 Å². The summed E-state index contributed by atoms with van der Waals surface area (Å²) in [6.07, 6.45) is 3.27. The smallest absolute Gasteiger partial charge is 0.0582 e. The van der Waals surface area contributed by atoms with Crippen LogP contribution in [0.1, 0.15) is 34.7 Å². The van der Waals surface area contributed by atoms with E-state index in [1.807, 2.05) is 0 Å². The van der Waals surface area contributed by atoms with Gasteiger partial charge in [0.25, 0.3) is 0 Å². The van der Waals surface area contributed by atoms with Crippen molar-refractivity contribution in [2.24, 2.45) is 5.73 Å². The summed E-state index contributed by atoms with van der Waals surface area (Å²) in [5.41, 5.74) is 11.4. The Balaban J connectivity index is 2.00. The SMILES string of the molecule is NCCCNC1c2ccccc2CCc2ccccc21. The number of nitrogens with two attached hydrogens (primary N) is 1. The third-order valence-corrected chi connectivity index (χ3v) is 4.13. The molecule has 0 unspecified atom stereocenters. The molecule has 0 atom stereocenters. The second-order valence-electron chi connectivity index (χ2n) is 5.43. The van der Waals surface area contributed by atoms with E-state index >= 15 is 0 Å². The Morgan fingerprint density at radius 2 is 1.45 bits per heavy atom. The van der Waals surface area contributed by atoms with Crippen LogP contribution in [0.25, 0.3) is 0 Å². The largest absolute Gasteiger partial charge is 0.330 e. The average Bonchev–Trinajstić information content (AvgIpc) is 2.66. The van der Waals surface area contributed by atoms with Crippen molar-refractivity contribution in [3.8, 4) is 0 Å². The molecule has 3 rings (SSSR count). The molecule has 2 aromatic rings. The zero-order chi connectivity index (χ0) is 13.8. The number of aryl methyl sites for hydroxylation is 2. The van der Waals surface area contributed by atoms with Crippen LogP contribution in [0.15, 0.2) is 48.5 Å². The van der Waals surface area contributed by atoms with Crippen molar-refractivity contribution >= 4 is 0 Å². The van der Waals surface area contributed by atoms with Gasteiger partial charge in [0.15, 0.2) is 0 Å². The first-order valence-corrected chi connectivity index (χ1v) is 7.49. The van der Waals surface area contributed by atoms with Crippen LogP contribution in [-0.2, 0) is 12.8 Å². The monoisotopic (exact) mass is 266 g/mol. The van der Waals surface area contributed by atoms with Gasteiger partial charge in [0.05, 0.1) is 6.04 Å². The van der Waals surface area contributed by atoms with E-state index in [1.165, 1.54) is 22.3 Å². The van der Waals surface area contributed by atoms with Crippen LogP contribution in [-0.4, -0.2) is 13.1 Å². The van der Waals surface area contributed by atoms with Gasteiger partial charge in [0.1, 0.15) is 0 Å². The van der Waals surface area contributed by atoms with Crippen molar-refractivity contribution in [2.75, 3.05) is 13.1 Å². The average molecular weight is 266 g/mol. The van der Waals surface area contributed by atoms with Gasteiger partial charge < -0.3 is 11.1 Å². The molecule has 2 aromatic carbocycles. The summed E-state index contributed by atoms with van der Waals surface area (Å²) in [5, 5.41) is 3.69. The first-order valence-electron chi connectivity index (χ1n) is 7.49. The number of nitrogens with one attached hydrogen (secondary N) is 1. The van der Waals surface area contributed by atoms with Gasteiger partial charge in [-0.25, -0.2) is 0 Å². The maximum absolute atomic E-state index is 5.62. The van der Waals surface area contributed by atoms with Crippen molar-refractivity contribution in [1.29, 1.82) is 0 Å². The van der Waals surface area contributed by atoms with Gasteiger partial charge >= 0.3 is 0 Å². The minimum atomic E-state index is 0.302. The normalized spacial score (nSPS) is 14.4. The summed E-state index contributed by atoms with van der Waals surface area (Å²) >= 11 is 0. The fourth-order valence-corrected chi connectivity index (χ4v) is 3.09. The predicted molar refractivity (Wildman–Crippen MR) is 83.8 cm³/mol. The molecular weight excluding hydrogens is 244 g/mol. The molecule has 0 amide bonds. The number of hydrogen-bond donors (Lipinski definition) is 2. The first-order chi connectivity index (χ1) is 9.90. The molecule has 0 radical (unpaired) electrons. The second-order valence-corrected chi connectivity index (χ2v) is 5.43. The highest BCUT2D eigenvalue weighted by molar-refractivity contribution is 5.44. The molecule has 1 aliphatic carbocycles. The molecule has 3 N–H and O–H groups in total. The highest BCUT2D eigenvalue weighted by Crippen LogP contribution is 2.32. The molecular formula is C18H22N2. The lowest BCUT2D eigenvalue weighted by molar-refractivity contribution is 0.586. The molecule has 0 saturated heterocycles. The quantitative estimate of drug-likeness (QED) is 0.835. The molecule has 2 heteroatoms. The fourth-order valence-electron chi connectivity index (χ4n) is 3.09. The van der Waals surface area contributed by atoms with Crippen LogP contribution in [0.3, 0.4) is 0 Å². The molecule has 20 heavy (non-hydrogen) atoms. The summed E-state index contributed by atoms with van der Waals surface area (Å²) < 4.78 is 0. The zero-order valence-electron chi connectivity index (χ0n) is 11.8. The van der Waals surface area contributed by atoms with Crippen LogP contribution >= 0.6 is 0 Å². The highest BCUT2D eigenvalue weighted by Gasteiger charge is 2.22. The minimum absolute atomic E-state index is 0.302. The molecule has 0 bridgehead atoms. The van der Waals surface area contributed by atoms with Gasteiger partial charge in [-0.2, -0.15) is 0 Å². The standard InChI is InChI=1S/C18H22N2/c19-12-5-13-20-18-16-8-3-1-6-14(16)10-11-15-7-2-4-9-17(15)18/h1-4,6-9,18,20H,5,10-13,19H2. The molecule has 2 nitrogen and oxygen atoms in total. The van der Waals surface area contributed by atoms with Crippen LogP contribution in [0.4, 0.5) is 0 Å². The third-order valence-electron chi connectivity index (χ3n) is 4.13. The van der Waals surface area contributed by atoms with Gasteiger partial charge in [0.2, 0.25) is 0 Å². The van der Waals surface area contributed by atoms with Crippen molar-refractivity contribution in [2.45, 2.75) is 25.3 Å². The summed E-state index contributed by atoms with van der Waals surface area (Å²) in [7, 11) is 0. The number of hydrogen-bond acceptors (Lipinski definition) is 2. The van der Waals surface area contributed by atoms with E-state index < -0.39 is 0 Å². The van der Waals surface area contributed by atoms with E-state index in [0.717, 1.165) is 32.4 Å². The van der Waals surface area contributed by atoms with E-state index in [1.54, 1.807) is 0 Å². The topological polar surface area (TPSA) is 38.0 Å². The van der Waals surface area contributed by atoms with Crippen molar-refractivity contribution in [1.82, 2.24) is 5.32 Å². The summed E-state index contributed by atoms with van der Waals surface area (Å²) in [6, 6.07) is 17.9. The van der Waals surface area contributed by atoms with Gasteiger partial charge in [-0.05, 0) is 54.6 Å². The maximum Gasteiger partial charge on any atom is 0.0582 e. The Morgan fingerprint density at radius 3 is 2.00 bits per heavy atom. The molecule has 0 aliphatic heterocycles. The number of benzene rings is 2. The molecule has 0 aromatic heterocycles. The van der Waals surface area contributed by atoms with E-state index in [9.17, 15) is 0 Å². The van der Waals surface area contributed by atoms with Crippen LogP contribution in [0.5, 0.6) is 0 Å². The molecule has 0 saturated carbocycles. The number of rotatable bonds is 4. The predicted octanol–water partition coefficient (Wildman–Crippen LogP) is 2.81. The van der Waals surface area contributed by atoms with Crippen molar-refractivity contribution < 1.29 is 0 Å². The lowest BCUT2D eigenvalue weighted by Crippen LogP contribution is -2.25. The van der Waals surface area contributed by atoms with Crippen LogP contribution < -0.4 is 11.1 Å². The van der Waals surface area contributed by atoms with Crippen LogP contribution in [0, 0.1) is 0 Å². The summed E-state index contributed by atoms with van der Waals surface area (Å²) in [5.74, 6) is 0. The molecule has 1 aliphatic rings. The fraction of sp³-hybridized carbons (Fsp3) is 0.333. The van der Waals surface area contributed by atoms with E-state index in [4.69, 9.17) is 5.73 Å². The lowest BCUT2D eigenvalue weighted by atomic mass is 9.94. The van der Waals surface area contributed by atoms with Crippen molar-refractivity contribution in [3.63, 3.8) is 0 Å².